The van der Waals surface area contributed by atoms with Crippen molar-refractivity contribution in [2.24, 2.45) is 5.73 Å². The number of benzene rings is 2. The molecule has 0 heterocycles. The van der Waals surface area contributed by atoms with E-state index in [0.717, 1.165) is 16.5 Å². The molecule has 0 aliphatic heterocycles. The number of thioether (sulfide) groups is 1. The van der Waals surface area contributed by atoms with Crippen LogP contribution in [-0.4, -0.2) is 11.2 Å². The molecule has 0 radical (unpaired) electrons. The van der Waals surface area contributed by atoms with E-state index in [-0.39, 0.29) is 5.91 Å². The highest BCUT2D eigenvalue weighted by atomic mass is 32.2. The second-order valence-corrected chi connectivity index (χ2v) is 7.28. The van der Waals surface area contributed by atoms with Crippen LogP contribution in [0.3, 0.4) is 0 Å². The highest BCUT2D eigenvalue weighted by Gasteiger charge is 2.16. The summed E-state index contributed by atoms with van der Waals surface area (Å²) in [4.78, 5) is 13.5. The van der Waals surface area contributed by atoms with E-state index in [2.05, 4.69) is 17.4 Å². The lowest BCUT2D eigenvalue weighted by atomic mass is 10.1. The van der Waals surface area contributed by atoms with E-state index in [1.54, 1.807) is 0 Å². The van der Waals surface area contributed by atoms with Gasteiger partial charge in [-0.1, -0.05) is 25.0 Å². The Morgan fingerprint density at radius 2 is 1.70 bits per heavy atom. The molecule has 2 aromatic rings. The Balaban J connectivity index is 1.59. The zero-order valence-electron chi connectivity index (χ0n) is 13.1. The topological polar surface area (TPSA) is 55.1 Å². The van der Waals surface area contributed by atoms with Gasteiger partial charge in [-0.05, 0) is 54.8 Å². The second-order valence-electron chi connectivity index (χ2n) is 5.90. The van der Waals surface area contributed by atoms with Gasteiger partial charge in [-0.25, -0.2) is 0 Å². The Hall–Kier alpha value is -1.78. The molecule has 0 bridgehead atoms. The molecule has 0 unspecified atom stereocenters. The number of hydrogen-bond acceptors (Lipinski definition) is 3. The second kappa shape index (κ2) is 7.66. The largest absolute Gasteiger partial charge is 0.326 e. The SMILES string of the molecule is NCc1ccc(C(=O)Nc2ccc(SC3CCCC3)cc2)cc1. The quantitative estimate of drug-likeness (QED) is 0.854. The molecule has 2 aromatic carbocycles. The maximum Gasteiger partial charge on any atom is 0.255 e. The lowest BCUT2D eigenvalue weighted by Crippen LogP contribution is -2.12. The molecule has 23 heavy (non-hydrogen) atoms. The molecule has 4 heteroatoms. The fourth-order valence-electron chi connectivity index (χ4n) is 2.81. The summed E-state index contributed by atoms with van der Waals surface area (Å²) in [6, 6.07) is 15.5. The summed E-state index contributed by atoms with van der Waals surface area (Å²) in [5.74, 6) is -0.0928. The molecule has 3 nitrogen and oxygen atoms in total. The minimum atomic E-state index is -0.0928. The van der Waals surface area contributed by atoms with Gasteiger partial charge in [0, 0.05) is 27.9 Å². The van der Waals surface area contributed by atoms with Crippen molar-refractivity contribution in [3.05, 3.63) is 59.7 Å². The molecule has 3 N–H and O–H groups in total. The molecular formula is C19H22N2OS. The third-order valence-electron chi connectivity index (χ3n) is 4.17. The molecule has 1 aliphatic carbocycles. The van der Waals surface area contributed by atoms with Gasteiger partial charge in [0.2, 0.25) is 0 Å². The first kappa shape index (κ1) is 16.1. The van der Waals surface area contributed by atoms with Crippen LogP contribution in [0.5, 0.6) is 0 Å². The van der Waals surface area contributed by atoms with Crippen LogP contribution in [0, 0.1) is 0 Å². The average molecular weight is 326 g/mol. The smallest absolute Gasteiger partial charge is 0.255 e. The van der Waals surface area contributed by atoms with Crippen LogP contribution < -0.4 is 11.1 Å². The maximum atomic E-state index is 12.2. The number of nitrogens with two attached hydrogens (primary N) is 1. The summed E-state index contributed by atoms with van der Waals surface area (Å²) in [7, 11) is 0. The Kier molecular flexibility index (Phi) is 5.36. The van der Waals surface area contributed by atoms with Crippen molar-refractivity contribution in [2.45, 2.75) is 42.4 Å². The number of anilines is 1. The summed E-state index contributed by atoms with van der Waals surface area (Å²) >= 11 is 1.95. The van der Waals surface area contributed by atoms with E-state index in [4.69, 9.17) is 5.73 Å². The average Bonchev–Trinajstić information content (AvgIpc) is 3.10. The monoisotopic (exact) mass is 326 g/mol. The fraction of sp³-hybridized carbons (Fsp3) is 0.316. The van der Waals surface area contributed by atoms with Gasteiger partial charge in [0.25, 0.3) is 5.91 Å². The van der Waals surface area contributed by atoms with E-state index >= 15 is 0 Å². The number of rotatable bonds is 5. The molecule has 1 saturated carbocycles. The highest BCUT2D eigenvalue weighted by molar-refractivity contribution is 8.00. The Morgan fingerprint density at radius 1 is 1.04 bits per heavy atom. The van der Waals surface area contributed by atoms with Crippen molar-refractivity contribution < 1.29 is 4.79 Å². The van der Waals surface area contributed by atoms with Crippen molar-refractivity contribution in [1.82, 2.24) is 0 Å². The first-order valence-electron chi connectivity index (χ1n) is 8.11. The van der Waals surface area contributed by atoms with E-state index in [0.29, 0.717) is 12.1 Å². The summed E-state index contributed by atoms with van der Waals surface area (Å²) < 4.78 is 0. The van der Waals surface area contributed by atoms with Crippen molar-refractivity contribution in [2.75, 3.05) is 5.32 Å². The number of hydrogen-bond donors (Lipinski definition) is 2. The third kappa shape index (κ3) is 4.36. The standard InChI is InChI=1S/C19H22N2OS/c20-13-14-5-7-15(8-6-14)19(22)21-16-9-11-18(12-10-16)23-17-3-1-2-4-17/h5-12,17H,1-4,13,20H2,(H,21,22). The first-order chi connectivity index (χ1) is 11.2. The van der Waals surface area contributed by atoms with Gasteiger partial charge in [-0.3, -0.25) is 4.79 Å². The van der Waals surface area contributed by atoms with Crippen molar-refractivity contribution in [3.63, 3.8) is 0 Å². The van der Waals surface area contributed by atoms with Gasteiger partial charge in [0.15, 0.2) is 0 Å². The van der Waals surface area contributed by atoms with Crippen LogP contribution >= 0.6 is 11.8 Å². The molecule has 0 aromatic heterocycles. The van der Waals surface area contributed by atoms with Crippen LogP contribution in [0.15, 0.2) is 53.4 Å². The third-order valence-corrected chi connectivity index (χ3v) is 5.52. The predicted molar refractivity (Wildman–Crippen MR) is 96.8 cm³/mol. The van der Waals surface area contributed by atoms with Crippen LogP contribution in [-0.2, 0) is 6.54 Å². The van der Waals surface area contributed by atoms with Gasteiger partial charge >= 0.3 is 0 Å². The number of carbonyl (C=O) groups excluding carboxylic acids is 1. The predicted octanol–water partition coefficient (Wildman–Crippen LogP) is 4.43. The Morgan fingerprint density at radius 3 is 2.30 bits per heavy atom. The molecule has 0 atom stereocenters. The van der Waals surface area contributed by atoms with E-state index in [1.165, 1.54) is 30.6 Å². The first-order valence-corrected chi connectivity index (χ1v) is 8.99. The maximum absolute atomic E-state index is 12.2. The van der Waals surface area contributed by atoms with Crippen LogP contribution in [0.4, 0.5) is 5.69 Å². The normalized spacial score (nSPS) is 14.8. The Labute approximate surface area is 141 Å². The van der Waals surface area contributed by atoms with E-state index in [9.17, 15) is 4.79 Å². The van der Waals surface area contributed by atoms with Gasteiger partial charge < -0.3 is 11.1 Å². The van der Waals surface area contributed by atoms with Crippen molar-refractivity contribution >= 4 is 23.4 Å². The lowest BCUT2D eigenvalue weighted by Gasteiger charge is -2.10. The lowest BCUT2D eigenvalue weighted by molar-refractivity contribution is 0.102. The van der Waals surface area contributed by atoms with E-state index in [1.807, 2.05) is 48.2 Å². The molecule has 120 valence electrons. The van der Waals surface area contributed by atoms with Gasteiger partial charge in [-0.15, -0.1) is 11.8 Å². The summed E-state index contributed by atoms with van der Waals surface area (Å²) in [5.41, 5.74) is 8.06. The van der Waals surface area contributed by atoms with Gasteiger partial charge in [0.1, 0.15) is 0 Å². The summed E-state index contributed by atoms with van der Waals surface area (Å²) in [5, 5.41) is 3.70. The van der Waals surface area contributed by atoms with Crippen LogP contribution in [0.25, 0.3) is 0 Å². The molecule has 3 rings (SSSR count). The summed E-state index contributed by atoms with van der Waals surface area (Å²) in [6.07, 6.45) is 5.35. The molecular weight excluding hydrogens is 304 g/mol. The number of amides is 1. The number of nitrogens with one attached hydrogen (secondary N) is 1. The minimum Gasteiger partial charge on any atom is -0.326 e. The van der Waals surface area contributed by atoms with Crippen LogP contribution in [0.1, 0.15) is 41.6 Å². The Bertz CT molecular complexity index is 646. The van der Waals surface area contributed by atoms with Gasteiger partial charge in [0.05, 0.1) is 0 Å². The summed E-state index contributed by atoms with van der Waals surface area (Å²) in [6.45, 7) is 0.488. The molecule has 0 saturated heterocycles. The minimum absolute atomic E-state index is 0.0928. The molecule has 0 spiro atoms. The van der Waals surface area contributed by atoms with Crippen molar-refractivity contribution in [3.8, 4) is 0 Å². The molecule has 1 aliphatic rings. The number of carbonyl (C=O) groups is 1. The van der Waals surface area contributed by atoms with Crippen molar-refractivity contribution in [1.29, 1.82) is 0 Å². The zero-order chi connectivity index (χ0) is 16.1. The highest BCUT2D eigenvalue weighted by Crippen LogP contribution is 2.34. The fourth-order valence-corrected chi connectivity index (χ4v) is 4.06. The van der Waals surface area contributed by atoms with Crippen LogP contribution in [0.2, 0.25) is 0 Å². The van der Waals surface area contributed by atoms with E-state index < -0.39 is 0 Å². The van der Waals surface area contributed by atoms with Gasteiger partial charge in [-0.2, -0.15) is 0 Å². The zero-order valence-corrected chi connectivity index (χ0v) is 13.9. The molecule has 1 amide bonds. The molecule has 1 fully saturated rings.